The number of nitrogens with zero attached hydrogens (tertiary/aromatic N) is 1. The minimum atomic E-state index is -0.403. The van der Waals surface area contributed by atoms with Crippen molar-refractivity contribution in [3.05, 3.63) is 35.9 Å². The van der Waals surface area contributed by atoms with Crippen LogP contribution in [0.5, 0.6) is 0 Å². The molecule has 0 radical (unpaired) electrons. The number of unbranched alkanes of at least 4 members (excludes halogenated alkanes) is 1. The molecule has 2 N–H and O–H groups in total. The molecule has 0 spiro atoms. The van der Waals surface area contributed by atoms with E-state index in [1.807, 2.05) is 37.4 Å². The Labute approximate surface area is 120 Å². The van der Waals surface area contributed by atoms with Crippen LogP contribution in [-0.4, -0.2) is 29.4 Å². The summed E-state index contributed by atoms with van der Waals surface area (Å²) in [6.07, 6.45) is 2.64. The molecule has 1 atom stereocenters. The van der Waals surface area contributed by atoms with Crippen molar-refractivity contribution in [2.45, 2.75) is 26.2 Å². The van der Waals surface area contributed by atoms with E-state index in [2.05, 4.69) is 6.92 Å². The molecule has 0 aromatic heterocycles. The maximum absolute atomic E-state index is 12.4. The molecule has 0 fully saturated rings. The number of rotatable bonds is 7. The fourth-order valence-electron chi connectivity index (χ4n) is 1.93. The SMILES string of the molecule is CCCCN(C)C(=O)C(Cc1ccccc1)C(N)=S. The lowest BCUT2D eigenvalue weighted by atomic mass is 9.98. The van der Waals surface area contributed by atoms with Crippen molar-refractivity contribution in [1.82, 2.24) is 4.90 Å². The molecule has 0 saturated heterocycles. The molecule has 0 aliphatic rings. The van der Waals surface area contributed by atoms with Gasteiger partial charge in [-0.2, -0.15) is 0 Å². The van der Waals surface area contributed by atoms with Gasteiger partial charge in [-0.1, -0.05) is 55.9 Å². The van der Waals surface area contributed by atoms with Crippen LogP contribution >= 0.6 is 12.2 Å². The van der Waals surface area contributed by atoms with Crippen molar-refractivity contribution in [3.8, 4) is 0 Å². The summed E-state index contributed by atoms with van der Waals surface area (Å²) in [7, 11) is 1.81. The Morgan fingerprint density at radius 3 is 2.53 bits per heavy atom. The second kappa shape index (κ2) is 7.89. The Balaban J connectivity index is 2.72. The first-order valence-corrected chi connectivity index (χ1v) is 7.05. The highest BCUT2D eigenvalue weighted by atomic mass is 32.1. The number of benzene rings is 1. The highest BCUT2D eigenvalue weighted by Crippen LogP contribution is 2.12. The van der Waals surface area contributed by atoms with Crippen LogP contribution in [0.3, 0.4) is 0 Å². The highest BCUT2D eigenvalue weighted by molar-refractivity contribution is 7.80. The lowest BCUT2D eigenvalue weighted by Gasteiger charge is -2.23. The molecular weight excluding hydrogens is 256 g/mol. The second-order valence-electron chi connectivity index (χ2n) is 4.76. The van der Waals surface area contributed by atoms with E-state index in [4.69, 9.17) is 18.0 Å². The zero-order valence-corrected chi connectivity index (χ0v) is 12.5. The predicted molar refractivity (Wildman–Crippen MR) is 83.0 cm³/mol. The summed E-state index contributed by atoms with van der Waals surface area (Å²) in [6.45, 7) is 2.86. The molecule has 0 aliphatic carbocycles. The van der Waals surface area contributed by atoms with E-state index in [0.29, 0.717) is 6.42 Å². The van der Waals surface area contributed by atoms with Gasteiger partial charge >= 0.3 is 0 Å². The minimum Gasteiger partial charge on any atom is -0.393 e. The molecule has 0 aliphatic heterocycles. The van der Waals surface area contributed by atoms with Crippen LogP contribution in [-0.2, 0) is 11.2 Å². The molecule has 19 heavy (non-hydrogen) atoms. The molecule has 1 unspecified atom stereocenters. The first kappa shape index (κ1) is 15.6. The van der Waals surface area contributed by atoms with E-state index < -0.39 is 5.92 Å². The van der Waals surface area contributed by atoms with Crippen molar-refractivity contribution < 1.29 is 4.79 Å². The third-order valence-corrected chi connectivity index (χ3v) is 3.43. The molecule has 104 valence electrons. The summed E-state index contributed by atoms with van der Waals surface area (Å²) in [5.74, 6) is -0.385. The quantitative estimate of drug-likeness (QED) is 0.779. The van der Waals surface area contributed by atoms with Crippen LogP contribution in [0.25, 0.3) is 0 Å². The van der Waals surface area contributed by atoms with Gasteiger partial charge in [0, 0.05) is 13.6 Å². The van der Waals surface area contributed by atoms with E-state index in [9.17, 15) is 4.79 Å². The summed E-state index contributed by atoms with van der Waals surface area (Å²) in [4.78, 5) is 14.4. The Bertz CT molecular complexity index is 419. The van der Waals surface area contributed by atoms with Gasteiger partial charge < -0.3 is 10.6 Å². The molecule has 1 aromatic carbocycles. The lowest BCUT2D eigenvalue weighted by Crippen LogP contribution is -2.40. The molecule has 1 aromatic rings. The summed E-state index contributed by atoms with van der Waals surface area (Å²) in [6, 6.07) is 9.85. The van der Waals surface area contributed by atoms with E-state index in [-0.39, 0.29) is 10.9 Å². The fraction of sp³-hybridized carbons (Fsp3) is 0.467. The Kier molecular flexibility index (Phi) is 6.50. The van der Waals surface area contributed by atoms with Crippen molar-refractivity contribution in [2.24, 2.45) is 11.7 Å². The first-order valence-electron chi connectivity index (χ1n) is 6.64. The average Bonchev–Trinajstić information content (AvgIpc) is 2.42. The van der Waals surface area contributed by atoms with Crippen LogP contribution in [0.15, 0.2) is 30.3 Å². The van der Waals surface area contributed by atoms with Gasteiger partial charge in [-0.3, -0.25) is 4.79 Å². The van der Waals surface area contributed by atoms with E-state index in [1.54, 1.807) is 4.90 Å². The van der Waals surface area contributed by atoms with Crippen LogP contribution in [0, 0.1) is 5.92 Å². The molecule has 4 heteroatoms. The number of hydrogen-bond acceptors (Lipinski definition) is 2. The third kappa shape index (κ3) is 4.99. The number of thiocarbonyl (C=S) groups is 1. The molecule has 1 amide bonds. The Hall–Kier alpha value is -1.42. The molecule has 0 bridgehead atoms. The summed E-state index contributed by atoms with van der Waals surface area (Å²) >= 11 is 5.05. The standard InChI is InChI=1S/C15H22N2OS/c1-3-4-10-17(2)15(18)13(14(16)19)11-12-8-6-5-7-9-12/h5-9,13H,3-4,10-11H2,1-2H3,(H2,16,19). The van der Waals surface area contributed by atoms with Crippen molar-refractivity contribution in [1.29, 1.82) is 0 Å². The number of hydrogen-bond donors (Lipinski definition) is 1. The predicted octanol–water partition coefficient (Wildman–Crippen LogP) is 2.39. The molecule has 3 nitrogen and oxygen atoms in total. The Morgan fingerprint density at radius 1 is 1.37 bits per heavy atom. The van der Waals surface area contributed by atoms with Crippen LogP contribution in [0.1, 0.15) is 25.3 Å². The smallest absolute Gasteiger partial charge is 0.232 e. The highest BCUT2D eigenvalue weighted by Gasteiger charge is 2.24. The van der Waals surface area contributed by atoms with Gasteiger partial charge in [0.1, 0.15) is 0 Å². The molecular formula is C15H22N2OS. The number of carbonyl (C=O) groups excluding carboxylic acids is 1. The van der Waals surface area contributed by atoms with Crippen molar-refractivity contribution in [2.75, 3.05) is 13.6 Å². The van der Waals surface area contributed by atoms with Gasteiger partial charge in [0.25, 0.3) is 0 Å². The average molecular weight is 278 g/mol. The van der Waals surface area contributed by atoms with Gasteiger partial charge in [0.15, 0.2) is 0 Å². The molecule has 1 rings (SSSR count). The number of nitrogens with two attached hydrogens (primary N) is 1. The van der Waals surface area contributed by atoms with Crippen molar-refractivity contribution >= 4 is 23.1 Å². The van der Waals surface area contributed by atoms with Crippen LogP contribution < -0.4 is 5.73 Å². The van der Waals surface area contributed by atoms with Gasteiger partial charge in [-0.05, 0) is 18.4 Å². The number of amides is 1. The monoisotopic (exact) mass is 278 g/mol. The van der Waals surface area contributed by atoms with Crippen molar-refractivity contribution in [3.63, 3.8) is 0 Å². The van der Waals surface area contributed by atoms with E-state index in [1.165, 1.54) is 0 Å². The fourth-order valence-corrected chi connectivity index (χ4v) is 2.12. The normalized spacial score (nSPS) is 11.9. The summed E-state index contributed by atoms with van der Waals surface area (Å²) in [5.41, 5.74) is 6.82. The zero-order chi connectivity index (χ0) is 14.3. The molecule has 0 heterocycles. The summed E-state index contributed by atoms with van der Waals surface area (Å²) in [5, 5.41) is 0. The summed E-state index contributed by atoms with van der Waals surface area (Å²) < 4.78 is 0. The van der Waals surface area contributed by atoms with Gasteiger partial charge in [-0.15, -0.1) is 0 Å². The van der Waals surface area contributed by atoms with Crippen LogP contribution in [0.4, 0.5) is 0 Å². The topological polar surface area (TPSA) is 46.3 Å². The second-order valence-corrected chi connectivity index (χ2v) is 5.23. The van der Waals surface area contributed by atoms with Crippen LogP contribution in [0.2, 0.25) is 0 Å². The van der Waals surface area contributed by atoms with Gasteiger partial charge in [0.2, 0.25) is 5.91 Å². The first-order chi connectivity index (χ1) is 9.06. The maximum atomic E-state index is 12.4. The van der Waals surface area contributed by atoms with E-state index in [0.717, 1.165) is 24.9 Å². The minimum absolute atomic E-state index is 0.0183. The number of carbonyl (C=O) groups is 1. The zero-order valence-electron chi connectivity index (χ0n) is 11.6. The van der Waals surface area contributed by atoms with E-state index >= 15 is 0 Å². The molecule has 0 saturated carbocycles. The van der Waals surface area contributed by atoms with Gasteiger partial charge in [-0.25, -0.2) is 0 Å². The van der Waals surface area contributed by atoms with Gasteiger partial charge in [0.05, 0.1) is 10.9 Å². The maximum Gasteiger partial charge on any atom is 0.232 e. The Morgan fingerprint density at radius 2 is 2.00 bits per heavy atom. The third-order valence-electron chi connectivity index (χ3n) is 3.15. The largest absolute Gasteiger partial charge is 0.393 e. The lowest BCUT2D eigenvalue weighted by molar-refractivity contribution is -0.132.